The second-order valence-corrected chi connectivity index (χ2v) is 8.76. The number of ketones is 1. The molecule has 2 aliphatic rings. The van der Waals surface area contributed by atoms with Gasteiger partial charge in [-0.15, -0.1) is 0 Å². The molecule has 0 radical (unpaired) electrons. The Hall–Kier alpha value is -1.43. The van der Waals surface area contributed by atoms with Crippen LogP contribution >= 0.6 is 0 Å². The number of nitrogens with one attached hydrogen (secondary N) is 1. The topological polar surface area (TPSA) is 92.5 Å². The second-order valence-electron chi connectivity index (χ2n) is 8.76. The third-order valence-electron chi connectivity index (χ3n) is 6.69. The van der Waals surface area contributed by atoms with Crippen LogP contribution in [0.3, 0.4) is 0 Å². The van der Waals surface area contributed by atoms with Gasteiger partial charge in [-0.3, -0.25) is 14.4 Å². The van der Waals surface area contributed by atoms with Crippen molar-refractivity contribution < 1.29 is 14.4 Å². The highest BCUT2D eigenvalue weighted by atomic mass is 16.2. The van der Waals surface area contributed by atoms with E-state index < -0.39 is 0 Å². The van der Waals surface area contributed by atoms with Gasteiger partial charge in [0.05, 0.1) is 5.92 Å². The smallest absolute Gasteiger partial charge is 0.224 e. The highest BCUT2D eigenvalue weighted by molar-refractivity contribution is 5.80. The molecule has 6 heteroatoms. The van der Waals surface area contributed by atoms with Crippen molar-refractivity contribution in [1.82, 2.24) is 10.2 Å². The van der Waals surface area contributed by atoms with Crippen LogP contribution in [0.1, 0.15) is 84.0 Å². The van der Waals surface area contributed by atoms with E-state index in [1.54, 1.807) is 0 Å². The molecule has 3 atom stereocenters. The highest BCUT2D eigenvalue weighted by Crippen LogP contribution is 2.30. The second kappa shape index (κ2) is 11.5. The molecule has 6 nitrogen and oxygen atoms in total. The summed E-state index contributed by atoms with van der Waals surface area (Å²) in [5.74, 6) is -0.0451. The van der Waals surface area contributed by atoms with Gasteiger partial charge in [-0.05, 0) is 52.1 Å². The Morgan fingerprint density at radius 2 is 1.82 bits per heavy atom. The molecule has 2 unspecified atom stereocenters. The molecule has 160 valence electrons. The molecule has 2 rings (SSSR count). The van der Waals surface area contributed by atoms with E-state index in [4.69, 9.17) is 5.73 Å². The van der Waals surface area contributed by atoms with E-state index in [-0.39, 0.29) is 29.7 Å². The van der Waals surface area contributed by atoms with Crippen molar-refractivity contribution in [1.29, 1.82) is 0 Å². The first kappa shape index (κ1) is 22.9. The monoisotopic (exact) mass is 393 g/mol. The number of nitrogens with zero attached hydrogens (tertiary/aromatic N) is 1. The van der Waals surface area contributed by atoms with Crippen LogP contribution in [-0.2, 0) is 14.4 Å². The van der Waals surface area contributed by atoms with Crippen molar-refractivity contribution in [3.63, 3.8) is 0 Å². The Labute approximate surface area is 170 Å². The maximum absolute atomic E-state index is 13.1. The van der Waals surface area contributed by atoms with Crippen LogP contribution in [0.25, 0.3) is 0 Å². The lowest BCUT2D eigenvalue weighted by Gasteiger charge is -2.40. The summed E-state index contributed by atoms with van der Waals surface area (Å²) < 4.78 is 0. The molecule has 1 saturated heterocycles. The fourth-order valence-corrected chi connectivity index (χ4v) is 4.76. The van der Waals surface area contributed by atoms with Gasteiger partial charge in [0, 0.05) is 30.8 Å². The molecule has 1 heterocycles. The minimum Gasteiger partial charge on any atom is -0.369 e. The van der Waals surface area contributed by atoms with Gasteiger partial charge in [0.2, 0.25) is 11.8 Å². The molecule has 0 spiro atoms. The molecule has 28 heavy (non-hydrogen) atoms. The number of nitrogens with two attached hydrogens (primary N) is 1. The summed E-state index contributed by atoms with van der Waals surface area (Å²) >= 11 is 0. The average Bonchev–Trinajstić information content (AvgIpc) is 3.17. The number of hydrogen-bond acceptors (Lipinski definition) is 4. The Balaban J connectivity index is 1.96. The Morgan fingerprint density at radius 3 is 2.46 bits per heavy atom. The predicted octanol–water partition coefficient (Wildman–Crippen LogP) is 2.79. The number of carbonyl (C=O) groups excluding carboxylic acids is 3. The quantitative estimate of drug-likeness (QED) is 0.528. The first-order chi connectivity index (χ1) is 13.4. The maximum Gasteiger partial charge on any atom is 0.224 e. The number of carbonyl (C=O) groups is 3. The fourth-order valence-electron chi connectivity index (χ4n) is 4.76. The van der Waals surface area contributed by atoms with Crippen molar-refractivity contribution >= 4 is 17.6 Å². The van der Waals surface area contributed by atoms with Crippen molar-refractivity contribution in [3.05, 3.63) is 0 Å². The number of unbranched alkanes of at least 4 members (excludes halogenated alkanes) is 2. The molecule has 0 aromatic heterocycles. The molecule has 2 amide bonds. The van der Waals surface area contributed by atoms with Gasteiger partial charge >= 0.3 is 0 Å². The molecule has 2 fully saturated rings. The molecule has 0 bridgehead atoms. The van der Waals surface area contributed by atoms with Crippen molar-refractivity contribution in [2.45, 2.75) is 96.1 Å². The lowest BCUT2D eigenvalue weighted by atomic mass is 9.81. The molecule has 0 aromatic carbocycles. The number of hydrogen-bond donors (Lipinski definition) is 2. The molecule has 1 saturated carbocycles. The number of Topliss-reactive ketones (excluding diaryl/α,β-unsaturated/α-hetero) is 1. The van der Waals surface area contributed by atoms with E-state index >= 15 is 0 Å². The minimum atomic E-state index is -0.244. The zero-order chi connectivity index (χ0) is 20.5. The van der Waals surface area contributed by atoms with Crippen LogP contribution in [0.15, 0.2) is 0 Å². The number of amides is 2. The number of piperidine rings is 1. The third-order valence-corrected chi connectivity index (χ3v) is 6.69. The minimum absolute atomic E-state index is 0.0601. The average molecular weight is 394 g/mol. The van der Waals surface area contributed by atoms with E-state index in [0.29, 0.717) is 31.1 Å². The van der Waals surface area contributed by atoms with Crippen molar-refractivity contribution in [3.8, 4) is 0 Å². The van der Waals surface area contributed by atoms with Crippen LogP contribution in [0.5, 0.6) is 0 Å². The molecule has 1 aliphatic heterocycles. The number of likely N-dealkylation sites (tertiary alicyclic amines) is 1. The van der Waals surface area contributed by atoms with Gasteiger partial charge in [0.25, 0.3) is 0 Å². The van der Waals surface area contributed by atoms with Crippen LogP contribution in [-0.4, -0.2) is 48.2 Å². The first-order valence-electron chi connectivity index (χ1n) is 11.2. The van der Waals surface area contributed by atoms with Crippen LogP contribution in [0, 0.1) is 11.8 Å². The SMILES string of the molecule is CCC(=O)CCCCC[C@H](C(=O)NC1CCCC1)C1CC(C(N)=O)CCN1C. The van der Waals surface area contributed by atoms with Gasteiger partial charge in [0.15, 0.2) is 0 Å². The predicted molar refractivity (Wildman–Crippen MR) is 111 cm³/mol. The summed E-state index contributed by atoms with van der Waals surface area (Å²) in [6, 6.07) is 0.364. The summed E-state index contributed by atoms with van der Waals surface area (Å²) in [5, 5.41) is 3.27. The number of primary amides is 1. The van der Waals surface area contributed by atoms with Gasteiger partial charge in [0.1, 0.15) is 5.78 Å². The summed E-state index contributed by atoms with van der Waals surface area (Å²) in [6.45, 7) is 2.70. The first-order valence-corrected chi connectivity index (χ1v) is 11.2. The van der Waals surface area contributed by atoms with Crippen molar-refractivity contribution in [2.75, 3.05) is 13.6 Å². The summed E-state index contributed by atoms with van der Waals surface area (Å²) in [6.07, 6.45) is 10.8. The maximum atomic E-state index is 13.1. The largest absolute Gasteiger partial charge is 0.369 e. The van der Waals surface area contributed by atoms with E-state index in [1.807, 2.05) is 6.92 Å². The molecular formula is C22H39N3O3. The van der Waals surface area contributed by atoms with Gasteiger partial charge in [-0.1, -0.05) is 32.6 Å². The fraction of sp³-hybridized carbons (Fsp3) is 0.864. The summed E-state index contributed by atoms with van der Waals surface area (Å²) in [4.78, 5) is 38.6. The summed E-state index contributed by atoms with van der Waals surface area (Å²) in [5.41, 5.74) is 5.57. The van der Waals surface area contributed by atoms with Crippen molar-refractivity contribution in [2.24, 2.45) is 17.6 Å². The molecule has 0 aromatic rings. The Morgan fingerprint density at radius 1 is 1.11 bits per heavy atom. The van der Waals surface area contributed by atoms with E-state index in [9.17, 15) is 14.4 Å². The number of rotatable bonds is 11. The van der Waals surface area contributed by atoms with Crippen LogP contribution < -0.4 is 11.1 Å². The highest BCUT2D eigenvalue weighted by Gasteiger charge is 2.38. The molecule has 3 N–H and O–H groups in total. The molecular weight excluding hydrogens is 354 g/mol. The van der Waals surface area contributed by atoms with E-state index in [0.717, 1.165) is 51.5 Å². The van der Waals surface area contributed by atoms with Gasteiger partial charge in [-0.2, -0.15) is 0 Å². The zero-order valence-corrected chi connectivity index (χ0v) is 17.8. The van der Waals surface area contributed by atoms with E-state index in [2.05, 4.69) is 17.3 Å². The van der Waals surface area contributed by atoms with Crippen LogP contribution in [0.2, 0.25) is 0 Å². The van der Waals surface area contributed by atoms with Gasteiger partial charge in [-0.25, -0.2) is 0 Å². The summed E-state index contributed by atoms with van der Waals surface area (Å²) in [7, 11) is 2.05. The van der Waals surface area contributed by atoms with E-state index in [1.165, 1.54) is 12.8 Å². The van der Waals surface area contributed by atoms with Gasteiger partial charge < -0.3 is 16.0 Å². The standard InChI is InChI=1S/C22H39N3O3/c1-3-18(26)11-5-4-6-12-19(22(28)24-17-9-7-8-10-17)20-15-16(21(23)27)13-14-25(20)2/h16-17,19-20H,3-15H2,1-2H3,(H2,23,27)(H,24,28)/t16?,19-,20?/m0/s1. The zero-order valence-electron chi connectivity index (χ0n) is 17.8. The molecule has 1 aliphatic carbocycles. The third kappa shape index (κ3) is 6.87. The normalized spacial score (nSPS) is 24.8. The van der Waals surface area contributed by atoms with Crippen LogP contribution in [0.4, 0.5) is 0 Å². The lowest BCUT2D eigenvalue weighted by Crippen LogP contribution is -2.52. The Bertz CT molecular complexity index is 531. The Kier molecular flexibility index (Phi) is 9.42. The lowest BCUT2D eigenvalue weighted by molar-refractivity contribution is -0.131.